The summed E-state index contributed by atoms with van der Waals surface area (Å²) in [4.78, 5) is 17.5. The zero-order valence-electron chi connectivity index (χ0n) is 14.6. The Morgan fingerprint density at radius 3 is 2.57 bits per heavy atom. The highest BCUT2D eigenvalue weighted by Gasteiger charge is 2.34. The number of nitrogens with one attached hydrogen (secondary N) is 1. The summed E-state index contributed by atoms with van der Waals surface area (Å²) < 4.78 is 6.18. The van der Waals surface area contributed by atoms with Crippen molar-refractivity contribution in [1.82, 2.24) is 15.1 Å². The van der Waals surface area contributed by atoms with Gasteiger partial charge in [0.15, 0.2) is 0 Å². The number of hydrogen-bond acceptors (Lipinski definition) is 4. The molecule has 3 rings (SSSR count). The topological polar surface area (TPSA) is 44.8 Å². The SMILES string of the molecule is CCC(OC1CCCCC1)C(=O)N1CCC(N2CCNCC2)C1. The first kappa shape index (κ1) is 17.2. The third-order valence-corrected chi connectivity index (χ3v) is 5.70. The molecule has 132 valence electrons. The Morgan fingerprint density at radius 1 is 1.13 bits per heavy atom. The highest BCUT2D eigenvalue weighted by Crippen LogP contribution is 2.24. The number of nitrogens with zero attached hydrogens (tertiary/aromatic N) is 2. The third kappa shape index (κ3) is 4.46. The number of carbonyl (C=O) groups is 1. The minimum Gasteiger partial charge on any atom is -0.365 e. The summed E-state index contributed by atoms with van der Waals surface area (Å²) in [5.74, 6) is 0.232. The Hall–Kier alpha value is -0.650. The molecule has 3 fully saturated rings. The van der Waals surface area contributed by atoms with E-state index in [9.17, 15) is 4.79 Å². The van der Waals surface area contributed by atoms with Crippen LogP contribution in [0, 0.1) is 0 Å². The van der Waals surface area contributed by atoms with Crippen molar-refractivity contribution in [2.45, 2.75) is 70.1 Å². The molecule has 1 N–H and O–H groups in total. The summed E-state index contributed by atoms with van der Waals surface area (Å²) in [6.45, 7) is 8.25. The second-order valence-electron chi connectivity index (χ2n) is 7.31. The van der Waals surface area contributed by atoms with Crippen LogP contribution in [0.5, 0.6) is 0 Å². The lowest BCUT2D eigenvalue weighted by atomic mass is 9.97. The van der Waals surface area contributed by atoms with Crippen molar-refractivity contribution in [3.63, 3.8) is 0 Å². The van der Waals surface area contributed by atoms with Crippen LogP contribution in [0.15, 0.2) is 0 Å². The first-order valence-corrected chi connectivity index (χ1v) is 9.67. The lowest BCUT2D eigenvalue weighted by molar-refractivity contribution is -0.148. The molecular weight excluding hydrogens is 290 g/mol. The summed E-state index contributed by atoms with van der Waals surface area (Å²) in [6, 6.07) is 0.549. The molecule has 1 amide bonds. The first-order chi connectivity index (χ1) is 11.3. The van der Waals surface area contributed by atoms with Gasteiger partial charge in [0.25, 0.3) is 5.91 Å². The molecule has 0 aromatic carbocycles. The van der Waals surface area contributed by atoms with Gasteiger partial charge in [0, 0.05) is 45.3 Å². The fourth-order valence-corrected chi connectivity index (χ4v) is 4.25. The maximum atomic E-state index is 12.8. The number of rotatable bonds is 5. The summed E-state index contributed by atoms with van der Waals surface area (Å²) >= 11 is 0. The molecule has 2 unspecified atom stereocenters. The number of likely N-dealkylation sites (tertiary alicyclic amines) is 1. The fourth-order valence-electron chi connectivity index (χ4n) is 4.25. The molecule has 0 radical (unpaired) electrons. The van der Waals surface area contributed by atoms with Gasteiger partial charge < -0.3 is 15.0 Å². The van der Waals surface area contributed by atoms with Crippen molar-refractivity contribution in [1.29, 1.82) is 0 Å². The molecule has 2 atom stereocenters. The van der Waals surface area contributed by atoms with Gasteiger partial charge in [0.05, 0.1) is 6.10 Å². The lowest BCUT2D eigenvalue weighted by Gasteiger charge is -2.33. The fraction of sp³-hybridized carbons (Fsp3) is 0.944. The smallest absolute Gasteiger partial charge is 0.251 e. The highest BCUT2D eigenvalue weighted by molar-refractivity contribution is 5.81. The Labute approximate surface area is 140 Å². The Balaban J connectivity index is 1.49. The second-order valence-corrected chi connectivity index (χ2v) is 7.31. The normalized spacial score (nSPS) is 28.9. The summed E-state index contributed by atoms with van der Waals surface area (Å²) in [5.41, 5.74) is 0. The first-order valence-electron chi connectivity index (χ1n) is 9.67. The maximum Gasteiger partial charge on any atom is 0.251 e. The van der Waals surface area contributed by atoms with Crippen molar-refractivity contribution in [2.75, 3.05) is 39.3 Å². The van der Waals surface area contributed by atoms with E-state index in [1.54, 1.807) is 0 Å². The summed E-state index contributed by atoms with van der Waals surface area (Å²) in [7, 11) is 0. The molecule has 2 saturated heterocycles. The van der Waals surface area contributed by atoms with Crippen molar-refractivity contribution < 1.29 is 9.53 Å². The minimum atomic E-state index is -0.222. The van der Waals surface area contributed by atoms with Crippen LogP contribution in [-0.4, -0.2) is 73.2 Å². The zero-order valence-corrected chi connectivity index (χ0v) is 14.6. The van der Waals surface area contributed by atoms with Crippen molar-refractivity contribution in [3.05, 3.63) is 0 Å². The molecule has 0 aromatic rings. The van der Waals surface area contributed by atoms with Crippen LogP contribution in [0.2, 0.25) is 0 Å². The molecule has 5 nitrogen and oxygen atoms in total. The molecule has 1 aliphatic carbocycles. The van der Waals surface area contributed by atoms with E-state index in [1.165, 1.54) is 19.3 Å². The Morgan fingerprint density at radius 2 is 1.87 bits per heavy atom. The van der Waals surface area contributed by atoms with Gasteiger partial charge >= 0.3 is 0 Å². The van der Waals surface area contributed by atoms with E-state index in [0.29, 0.717) is 12.1 Å². The average molecular weight is 323 g/mol. The van der Waals surface area contributed by atoms with E-state index in [0.717, 1.165) is 65.0 Å². The van der Waals surface area contributed by atoms with E-state index in [-0.39, 0.29) is 12.0 Å². The highest BCUT2D eigenvalue weighted by atomic mass is 16.5. The van der Waals surface area contributed by atoms with Crippen LogP contribution in [0.1, 0.15) is 51.9 Å². The lowest BCUT2D eigenvalue weighted by Crippen LogP contribution is -2.50. The summed E-state index contributed by atoms with van der Waals surface area (Å²) in [6.07, 6.45) is 8.09. The molecular formula is C18H33N3O2. The average Bonchev–Trinajstić information content (AvgIpc) is 3.11. The summed E-state index contributed by atoms with van der Waals surface area (Å²) in [5, 5.41) is 3.40. The van der Waals surface area contributed by atoms with Crippen molar-refractivity contribution in [3.8, 4) is 0 Å². The van der Waals surface area contributed by atoms with Gasteiger partial charge in [-0.05, 0) is 25.7 Å². The quantitative estimate of drug-likeness (QED) is 0.835. The van der Waals surface area contributed by atoms with E-state index < -0.39 is 0 Å². The van der Waals surface area contributed by atoms with Gasteiger partial charge in [0.2, 0.25) is 0 Å². The van der Waals surface area contributed by atoms with Crippen LogP contribution in [0.3, 0.4) is 0 Å². The van der Waals surface area contributed by atoms with Crippen LogP contribution in [0.25, 0.3) is 0 Å². The van der Waals surface area contributed by atoms with Crippen LogP contribution < -0.4 is 5.32 Å². The molecule has 0 aromatic heterocycles. The van der Waals surface area contributed by atoms with Gasteiger partial charge in [0.1, 0.15) is 6.10 Å². The molecule has 1 saturated carbocycles. The van der Waals surface area contributed by atoms with Crippen LogP contribution >= 0.6 is 0 Å². The van der Waals surface area contributed by atoms with Crippen molar-refractivity contribution in [2.24, 2.45) is 0 Å². The van der Waals surface area contributed by atoms with Gasteiger partial charge in [-0.3, -0.25) is 9.69 Å². The Kier molecular flexibility index (Phi) is 6.31. The monoisotopic (exact) mass is 323 g/mol. The third-order valence-electron chi connectivity index (χ3n) is 5.70. The van der Waals surface area contributed by atoms with E-state index in [2.05, 4.69) is 22.0 Å². The predicted octanol–water partition coefficient (Wildman–Crippen LogP) is 1.62. The molecule has 0 spiro atoms. The molecule has 2 heterocycles. The largest absolute Gasteiger partial charge is 0.365 e. The van der Waals surface area contributed by atoms with Crippen LogP contribution in [-0.2, 0) is 9.53 Å². The Bertz CT molecular complexity index is 378. The molecule has 3 aliphatic rings. The van der Waals surface area contributed by atoms with Crippen LogP contribution in [0.4, 0.5) is 0 Å². The number of amides is 1. The molecule has 5 heteroatoms. The van der Waals surface area contributed by atoms with Gasteiger partial charge in [-0.15, -0.1) is 0 Å². The minimum absolute atomic E-state index is 0.222. The van der Waals surface area contributed by atoms with Gasteiger partial charge in [-0.25, -0.2) is 0 Å². The standard InChI is InChI=1S/C18H33N3O2/c1-2-17(23-16-6-4-3-5-7-16)18(22)21-11-8-15(14-21)20-12-9-19-10-13-20/h15-17,19H,2-14H2,1H3. The van der Waals surface area contributed by atoms with E-state index >= 15 is 0 Å². The molecule has 2 aliphatic heterocycles. The maximum absolute atomic E-state index is 12.8. The number of piperazine rings is 1. The molecule has 23 heavy (non-hydrogen) atoms. The van der Waals surface area contributed by atoms with Gasteiger partial charge in [-0.1, -0.05) is 26.2 Å². The number of ether oxygens (including phenoxy) is 1. The van der Waals surface area contributed by atoms with E-state index in [4.69, 9.17) is 4.74 Å². The molecule has 0 bridgehead atoms. The van der Waals surface area contributed by atoms with Gasteiger partial charge in [-0.2, -0.15) is 0 Å². The second kappa shape index (κ2) is 8.45. The number of hydrogen-bond donors (Lipinski definition) is 1. The van der Waals surface area contributed by atoms with Crippen molar-refractivity contribution >= 4 is 5.91 Å². The predicted molar refractivity (Wildman–Crippen MR) is 91.5 cm³/mol. The zero-order chi connectivity index (χ0) is 16.1. The van der Waals surface area contributed by atoms with E-state index in [1.807, 2.05) is 0 Å². The number of carbonyl (C=O) groups excluding carboxylic acids is 1.